The van der Waals surface area contributed by atoms with Gasteiger partial charge in [0, 0.05) is 25.5 Å². The highest BCUT2D eigenvalue weighted by Crippen LogP contribution is 2.00. The van der Waals surface area contributed by atoms with Gasteiger partial charge < -0.3 is 9.30 Å². The molecular weight excluding hydrogens is 367 g/mol. The summed E-state index contributed by atoms with van der Waals surface area (Å²) in [6.45, 7) is 6.10. The van der Waals surface area contributed by atoms with Crippen molar-refractivity contribution in [3.63, 3.8) is 0 Å². The molecule has 5 heteroatoms. The van der Waals surface area contributed by atoms with Crippen LogP contribution in [0.2, 0.25) is 6.32 Å². The minimum atomic E-state index is 0.272. The van der Waals surface area contributed by atoms with Gasteiger partial charge in [-0.15, -0.1) is 0 Å². The minimum absolute atomic E-state index is 0.272. The third-order valence-corrected chi connectivity index (χ3v) is 4.52. The fourth-order valence-corrected chi connectivity index (χ4v) is 3.15. The molecule has 1 aromatic heterocycles. The largest absolute Gasteiger partial charge is 0.377 e. The molecule has 3 aromatic rings. The van der Waals surface area contributed by atoms with Crippen LogP contribution in [0, 0.1) is 0 Å². The second kappa shape index (κ2) is 13.0. The average Bonchev–Trinajstić information content (AvgIpc) is 3.23. The summed E-state index contributed by atoms with van der Waals surface area (Å²) in [7, 11) is 0. The molecule has 3 rings (SSSR count). The van der Waals surface area contributed by atoms with Crippen LogP contribution in [0.4, 0.5) is 0 Å². The number of allylic oxidation sites excluding steroid dienone is 1. The summed E-state index contributed by atoms with van der Waals surface area (Å²) < 4.78 is 7.38. The van der Waals surface area contributed by atoms with E-state index in [0.717, 1.165) is 19.5 Å². The highest BCUT2D eigenvalue weighted by atomic mass is 35.5. The van der Waals surface area contributed by atoms with Crippen LogP contribution in [0.3, 0.4) is 0 Å². The lowest BCUT2D eigenvalue weighted by molar-refractivity contribution is 0.0640. The molecule has 0 fully saturated rings. The molecule has 28 heavy (non-hydrogen) atoms. The van der Waals surface area contributed by atoms with E-state index in [2.05, 4.69) is 60.4 Å². The van der Waals surface area contributed by atoms with Crippen molar-refractivity contribution in [3.05, 3.63) is 91.0 Å². The van der Waals surface area contributed by atoms with Crippen molar-refractivity contribution in [1.29, 1.82) is 0 Å². The summed E-state index contributed by atoms with van der Waals surface area (Å²) >= 11 is 5.64. The van der Waals surface area contributed by atoms with Gasteiger partial charge in [0.25, 0.3) is 0 Å². The van der Waals surface area contributed by atoms with Crippen LogP contribution >= 0.6 is 11.6 Å². The third kappa shape index (κ3) is 7.75. The first kappa shape index (κ1) is 22.0. The molecule has 0 saturated carbocycles. The molecule has 1 atom stereocenters. The SMILES string of the molecule is CCOC(C)Cn1ccnc1.ClC=CCB(c1ccccc1)c1ccccc1. The average molecular weight is 395 g/mol. The van der Waals surface area contributed by atoms with E-state index in [-0.39, 0.29) is 6.10 Å². The van der Waals surface area contributed by atoms with Crippen LogP contribution in [0.25, 0.3) is 0 Å². The molecule has 1 unspecified atom stereocenters. The van der Waals surface area contributed by atoms with Crippen LogP contribution in [-0.2, 0) is 11.3 Å². The number of rotatable bonds is 8. The van der Waals surface area contributed by atoms with E-state index in [4.69, 9.17) is 16.3 Å². The van der Waals surface area contributed by atoms with E-state index in [9.17, 15) is 0 Å². The fourth-order valence-electron chi connectivity index (χ4n) is 3.05. The van der Waals surface area contributed by atoms with E-state index in [1.54, 1.807) is 18.1 Å². The Hall–Kier alpha value is -2.30. The lowest BCUT2D eigenvalue weighted by Crippen LogP contribution is -2.41. The molecule has 0 aliphatic carbocycles. The van der Waals surface area contributed by atoms with E-state index in [0.29, 0.717) is 6.71 Å². The Morgan fingerprint density at radius 1 is 1.07 bits per heavy atom. The zero-order chi connectivity index (χ0) is 20.0. The Morgan fingerprint density at radius 3 is 2.14 bits per heavy atom. The van der Waals surface area contributed by atoms with Crippen molar-refractivity contribution in [2.75, 3.05) is 6.61 Å². The number of benzene rings is 2. The highest BCUT2D eigenvalue weighted by Gasteiger charge is 2.16. The topological polar surface area (TPSA) is 27.1 Å². The summed E-state index contributed by atoms with van der Waals surface area (Å²) in [5, 5.41) is 0. The smallest absolute Gasteiger partial charge is 0.213 e. The normalized spacial score (nSPS) is 11.7. The lowest BCUT2D eigenvalue weighted by Gasteiger charge is -2.12. The first-order chi connectivity index (χ1) is 13.7. The molecule has 2 aromatic carbocycles. The minimum Gasteiger partial charge on any atom is -0.377 e. The van der Waals surface area contributed by atoms with Crippen LogP contribution in [-0.4, -0.2) is 29.0 Å². The molecule has 0 spiro atoms. The van der Waals surface area contributed by atoms with Gasteiger partial charge in [-0.2, -0.15) is 0 Å². The van der Waals surface area contributed by atoms with Gasteiger partial charge >= 0.3 is 0 Å². The molecular formula is C23H28BClN2O. The van der Waals surface area contributed by atoms with E-state index in [1.165, 1.54) is 10.9 Å². The van der Waals surface area contributed by atoms with Crippen molar-refractivity contribution in [2.45, 2.75) is 32.8 Å². The maximum absolute atomic E-state index is 5.64. The maximum atomic E-state index is 5.64. The molecule has 0 aliphatic heterocycles. The summed E-state index contributed by atoms with van der Waals surface area (Å²) in [5.74, 6) is 0. The standard InChI is InChI=1S/C15H14BCl.C8H14N2O/c17-13-7-12-16(14-8-3-1-4-9-14)15-10-5-2-6-11-15;1-3-11-8(2)6-10-5-4-9-7-10/h1-11,13H,12H2;4-5,7-8H,3,6H2,1-2H3. The Morgan fingerprint density at radius 2 is 1.68 bits per heavy atom. The second-order valence-electron chi connectivity index (χ2n) is 6.50. The quantitative estimate of drug-likeness (QED) is 0.531. The van der Waals surface area contributed by atoms with Crippen molar-refractivity contribution < 1.29 is 4.74 Å². The molecule has 0 N–H and O–H groups in total. The van der Waals surface area contributed by atoms with Gasteiger partial charge in [-0.25, -0.2) is 4.98 Å². The molecule has 0 radical (unpaired) electrons. The first-order valence-electron chi connectivity index (χ1n) is 9.67. The molecule has 146 valence electrons. The van der Waals surface area contributed by atoms with Crippen LogP contribution in [0.15, 0.2) is 91.0 Å². The van der Waals surface area contributed by atoms with E-state index >= 15 is 0 Å². The number of aromatic nitrogens is 2. The van der Waals surface area contributed by atoms with E-state index < -0.39 is 0 Å². The summed E-state index contributed by atoms with van der Waals surface area (Å²) in [6.07, 6.45) is 8.72. The number of nitrogens with zero attached hydrogens (tertiary/aromatic N) is 2. The Balaban J connectivity index is 0.000000221. The monoisotopic (exact) mass is 394 g/mol. The Bertz CT molecular complexity index is 739. The van der Waals surface area contributed by atoms with Crippen LogP contribution in [0.1, 0.15) is 13.8 Å². The summed E-state index contributed by atoms with van der Waals surface area (Å²) in [6, 6.07) is 21.1. The van der Waals surface area contributed by atoms with Gasteiger partial charge in [-0.3, -0.25) is 0 Å². The molecule has 3 nitrogen and oxygen atoms in total. The molecule has 0 saturated heterocycles. The summed E-state index contributed by atoms with van der Waals surface area (Å²) in [4.78, 5) is 3.94. The highest BCUT2D eigenvalue weighted by molar-refractivity contribution is 6.85. The zero-order valence-electron chi connectivity index (χ0n) is 16.6. The van der Waals surface area contributed by atoms with Crippen molar-refractivity contribution in [1.82, 2.24) is 9.55 Å². The first-order valence-corrected chi connectivity index (χ1v) is 10.1. The zero-order valence-corrected chi connectivity index (χ0v) is 17.4. The molecule has 0 aliphatic rings. The van der Waals surface area contributed by atoms with Gasteiger partial charge in [-0.1, -0.05) is 89.3 Å². The maximum Gasteiger partial charge on any atom is 0.213 e. The van der Waals surface area contributed by atoms with Crippen LogP contribution in [0.5, 0.6) is 0 Å². The number of hydrogen-bond acceptors (Lipinski definition) is 2. The third-order valence-electron chi connectivity index (χ3n) is 4.34. The number of hydrogen-bond donors (Lipinski definition) is 0. The van der Waals surface area contributed by atoms with Gasteiger partial charge in [0.05, 0.1) is 12.4 Å². The molecule has 1 heterocycles. The van der Waals surface area contributed by atoms with Gasteiger partial charge in [-0.05, 0) is 25.7 Å². The predicted octanol–water partition coefficient (Wildman–Crippen LogP) is 4.36. The Labute approximate surface area is 174 Å². The predicted molar refractivity (Wildman–Crippen MR) is 121 cm³/mol. The lowest BCUT2D eigenvalue weighted by atomic mass is 9.39. The number of imidazole rings is 1. The second-order valence-corrected chi connectivity index (χ2v) is 6.75. The van der Waals surface area contributed by atoms with E-state index in [1.807, 2.05) is 35.9 Å². The fraction of sp³-hybridized carbons (Fsp3) is 0.261. The van der Waals surface area contributed by atoms with Crippen molar-refractivity contribution >= 4 is 29.2 Å². The number of ether oxygens (including phenoxy) is 1. The van der Waals surface area contributed by atoms with Gasteiger partial charge in [0.2, 0.25) is 6.71 Å². The van der Waals surface area contributed by atoms with Gasteiger partial charge in [0.1, 0.15) is 0 Å². The Kier molecular flexibility index (Phi) is 10.2. The van der Waals surface area contributed by atoms with Crippen LogP contribution < -0.4 is 10.9 Å². The van der Waals surface area contributed by atoms with Crippen molar-refractivity contribution in [2.24, 2.45) is 0 Å². The van der Waals surface area contributed by atoms with Crippen molar-refractivity contribution in [3.8, 4) is 0 Å². The number of halogens is 1. The van der Waals surface area contributed by atoms with Gasteiger partial charge in [0.15, 0.2) is 0 Å². The summed E-state index contributed by atoms with van der Waals surface area (Å²) in [5.41, 5.74) is 4.25. The molecule has 0 amide bonds. The molecule has 0 bridgehead atoms.